The third kappa shape index (κ3) is 3.60. The predicted octanol–water partition coefficient (Wildman–Crippen LogP) is 2.71. The van der Waals surface area contributed by atoms with Crippen molar-refractivity contribution in [1.82, 2.24) is 10.2 Å². The first-order valence-corrected chi connectivity index (χ1v) is 7.53. The molecule has 2 rings (SSSR count). The average molecular weight is 274 g/mol. The van der Waals surface area contributed by atoms with Crippen molar-refractivity contribution < 1.29 is 4.79 Å². The van der Waals surface area contributed by atoms with Gasteiger partial charge in [-0.2, -0.15) is 0 Å². The van der Waals surface area contributed by atoms with E-state index in [-0.39, 0.29) is 5.91 Å². The van der Waals surface area contributed by atoms with Crippen molar-refractivity contribution in [1.29, 1.82) is 0 Å². The highest BCUT2D eigenvalue weighted by Crippen LogP contribution is 2.16. The Morgan fingerprint density at radius 1 is 1.15 bits per heavy atom. The van der Waals surface area contributed by atoms with Crippen molar-refractivity contribution in [3.05, 3.63) is 34.4 Å². The third-order valence-corrected chi connectivity index (χ3v) is 4.47. The molecule has 0 saturated carbocycles. The van der Waals surface area contributed by atoms with Gasteiger partial charge in [-0.1, -0.05) is 12.1 Å². The Balaban J connectivity index is 1.87. The molecule has 0 unspecified atom stereocenters. The normalized spacial score (nSPS) is 16.5. The van der Waals surface area contributed by atoms with E-state index in [1.54, 1.807) is 6.92 Å². The lowest BCUT2D eigenvalue weighted by Crippen LogP contribution is -2.44. The number of piperidine rings is 1. The summed E-state index contributed by atoms with van der Waals surface area (Å²) in [5.41, 5.74) is 5.48. The number of rotatable bonds is 3. The minimum absolute atomic E-state index is 0.202. The van der Waals surface area contributed by atoms with Crippen molar-refractivity contribution in [3.8, 4) is 0 Å². The van der Waals surface area contributed by atoms with Gasteiger partial charge < -0.3 is 10.2 Å². The standard InChI is InChI=1S/C17H26N2O/c1-12-9-14(3)16(10-13(12)2)11-18-17-5-7-19(8-6-17)15(4)20/h9-10,17-18H,5-8,11H2,1-4H3. The van der Waals surface area contributed by atoms with E-state index in [0.29, 0.717) is 6.04 Å². The summed E-state index contributed by atoms with van der Waals surface area (Å²) in [5, 5.41) is 3.65. The number of hydrogen-bond acceptors (Lipinski definition) is 2. The minimum atomic E-state index is 0.202. The number of aryl methyl sites for hydroxylation is 3. The van der Waals surface area contributed by atoms with Gasteiger partial charge in [0.15, 0.2) is 0 Å². The Morgan fingerprint density at radius 3 is 2.35 bits per heavy atom. The lowest BCUT2D eigenvalue weighted by molar-refractivity contribution is -0.129. The Labute approximate surface area is 122 Å². The smallest absolute Gasteiger partial charge is 0.219 e. The molecule has 3 heteroatoms. The van der Waals surface area contributed by atoms with Crippen LogP contribution in [0.3, 0.4) is 0 Å². The molecule has 1 amide bonds. The summed E-state index contributed by atoms with van der Waals surface area (Å²) in [6.07, 6.45) is 2.12. The van der Waals surface area contributed by atoms with E-state index in [1.807, 2.05) is 4.90 Å². The molecule has 1 saturated heterocycles. The first-order chi connectivity index (χ1) is 9.47. The van der Waals surface area contributed by atoms with Gasteiger partial charge in [0.1, 0.15) is 0 Å². The fourth-order valence-corrected chi connectivity index (χ4v) is 2.86. The Kier molecular flexibility index (Phi) is 4.81. The first-order valence-electron chi connectivity index (χ1n) is 7.53. The van der Waals surface area contributed by atoms with E-state index < -0.39 is 0 Å². The molecule has 0 aromatic heterocycles. The summed E-state index contributed by atoms with van der Waals surface area (Å²) in [6, 6.07) is 5.10. The van der Waals surface area contributed by atoms with Crippen LogP contribution in [0.15, 0.2) is 12.1 Å². The number of carbonyl (C=O) groups is 1. The highest BCUT2D eigenvalue weighted by atomic mass is 16.2. The first kappa shape index (κ1) is 15.0. The number of benzene rings is 1. The summed E-state index contributed by atoms with van der Waals surface area (Å²) in [7, 11) is 0. The number of nitrogens with zero attached hydrogens (tertiary/aromatic N) is 1. The number of hydrogen-bond donors (Lipinski definition) is 1. The van der Waals surface area contributed by atoms with Gasteiger partial charge in [0.25, 0.3) is 0 Å². The number of carbonyl (C=O) groups excluding carboxylic acids is 1. The van der Waals surface area contributed by atoms with Crippen LogP contribution in [0.4, 0.5) is 0 Å². The van der Waals surface area contributed by atoms with Crippen LogP contribution in [0.25, 0.3) is 0 Å². The van der Waals surface area contributed by atoms with Gasteiger partial charge in [0.2, 0.25) is 5.91 Å². The zero-order valence-corrected chi connectivity index (χ0v) is 13.1. The Morgan fingerprint density at radius 2 is 1.75 bits per heavy atom. The zero-order chi connectivity index (χ0) is 14.7. The van der Waals surface area contributed by atoms with Crippen LogP contribution in [0, 0.1) is 20.8 Å². The molecule has 20 heavy (non-hydrogen) atoms. The summed E-state index contributed by atoms with van der Waals surface area (Å²) in [6.45, 7) is 10.9. The Bertz CT molecular complexity index is 488. The van der Waals surface area contributed by atoms with Crippen LogP contribution in [0.1, 0.15) is 42.0 Å². The maximum Gasteiger partial charge on any atom is 0.219 e. The summed E-state index contributed by atoms with van der Waals surface area (Å²) in [4.78, 5) is 13.2. The van der Waals surface area contributed by atoms with Crippen LogP contribution in [-0.2, 0) is 11.3 Å². The van der Waals surface area contributed by atoms with E-state index in [4.69, 9.17) is 0 Å². The topological polar surface area (TPSA) is 32.3 Å². The minimum Gasteiger partial charge on any atom is -0.343 e. The van der Waals surface area contributed by atoms with Gasteiger partial charge in [-0.15, -0.1) is 0 Å². The highest BCUT2D eigenvalue weighted by molar-refractivity contribution is 5.73. The van der Waals surface area contributed by atoms with Crippen LogP contribution < -0.4 is 5.32 Å². The van der Waals surface area contributed by atoms with Crippen molar-refractivity contribution in [2.75, 3.05) is 13.1 Å². The molecule has 0 aliphatic carbocycles. The van der Waals surface area contributed by atoms with E-state index in [1.165, 1.54) is 22.3 Å². The van der Waals surface area contributed by atoms with Crippen LogP contribution in [-0.4, -0.2) is 29.9 Å². The Hall–Kier alpha value is -1.35. The molecule has 3 nitrogen and oxygen atoms in total. The maximum absolute atomic E-state index is 11.3. The fourth-order valence-electron chi connectivity index (χ4n) is 2.86. The molecular weight excluding hydrogens is 248 g/mol. The SMILES string of the molecule is CC(=O)N1CCC(NCc2cc(C)c(C)cc2C)CC1. The quantitative estimate of drug-likeness (QED) is 0.919. The van der Waals surface area contributed by atoms with Gasteiger partial charge in [0.05, 0.1) is 0 Å². The van der Waals surface area contributed by atoms with Gasteiger partial charge >= 0.3 is 0 Å². The molecule has 1 aliphatic heterocycles. The lowest BCUT2D eigenvalue weighted by Gasteiger charge is -2.32. The van der Waals surface area contributed by atoms with E-state index >= 15 is 0 Å². The van der Waals surface area contributed by atoms with E-state index in [2.05, 4.69) is 38.2 Å². The highest BCUT2D eigenvalue weighted by Gasteiger charge is 2.20. The second-order valence-electron chi connectivity index (χ2n) is 6.02. The van der Waals surface area contributed by atoms with Crippen molar-refractivity contribution in [2.24, 2.45) is 0 Å². The monoisotopic (exact) mass is 274 g/mol. The van der Waals surface area contributed by atoms with Crippen LogP contribution in [0.5, 0.6) is 0 Å². The third-order valence-electron chi connectivity index (χ3n) is 4.47. The molecule has 1 aromatic rings. The largest absolute Gasteiger partial charge is 0.343 e. The van der Waals surface area contributed by atoms with E-state index in [0.717, 1.165) is 32.5 Å². The fraction of sp³-hybridized carbons (Fsp3) is 0.588. The van der Waals surface area contributed by atoms with Gasteiger partial charge in [0, 0.05) is 32.6 Å². The molecule has 1 aromatic carbocycles. The molecule has 1 N–H and O–H groups in total. The van der Waals surface area contributed by atoms with Gasteiger partial charge in [-0.25, -0.2) is 0 Å². The molecule has 0 atom stereocenters. The lowest BCUT2D eigenvalue weighted by atomic mass is 9.99. The van der Waals surface area contributed by atoms with E-state index in [9.17, 15) is 4.79 Å². The van der Waals surface area contributed by atoms with Gasteiger partial charge in [-0.3, -0.25) is 4.79 Å². The maximum atomic E-state index is 11.3. The zero-order valence-electron chi connectivity index (χ0n) is 13.1. The van der Waals surface area contributed by atoms with Crippen molar-refractivity contribution in [3.63, 3.8) is 0 Å². The molecule has 1 aliphatic rings. The molecule has 1 fully saturated rings. The molecule has 0 spiro atoms. The average Bonchev–Trinajstić information content (AvgIpc) is 2.42. The molecule has 0 bridgehead atoms. The van der Waals surface area contributed by atoms with Crippen LogP contribution in [0.2, 0.25) is 0 Å². The summed E-state index contributed by atoms with van der Waals surface area (Å²) < 4.78 is 0. The van der Waals surface area contributed by atoms with Gasteiger partial charge in [-0.05, 0) is 55.9 Å². The predicted molar refractivity (Wildman–Crippen MR) is 82.8 cm³/mol. The number of nitrogens with one attached hydrogen (secondary N) is 1. The molecular formula is C17H26N2O. The molecule has 0 radical (unpaired) electrons. The van der Waals surface area contributed by atoms with Crippen molar-refractivity contribution >= 4 is 5.91 Å². The summed E-state index contributed by atoms with van der Waals surface area (Å²) in [5.74, 6) is 0.202. The molecule has 1 heterocycles. The van der Waals surface area contributed by atoms with Crippen LogP contribution >= 0.6 is 0 Å². The second-order valence-corrected chi connectivity index (χ2v) is 6.02. The van der Waals surface area contributed by atoms with Crippen molar-refractivity contribution in [2.45, 2.75) is 53.1 Å². The summed E-state index contributed by atoms with van der Waals surface area (Å²) >= 11 is 0. The number of amides is 1. The molecule has 110 valence electrons. The second kappa shape index (κ2) is 6.40. The number of likely N-dealkylation sites (tertiary alicyclic amines) is 1.